The van der Waals surface area contributed by atoms with E-state index in [1.54, 1.807) is 42.5 Å². The van der Waals surface area contributed by atoms with Crippen molar-refractivity contribution in [1.29, 1.82) is 5.26 Å². The maximum Gasteiger partial charge on any atom is 0.262 e. The molecule has 2 aromatic carbocycles. The molecule has 1 heterocycles. The Morgan fingerprint density at radius 2 is 1.89 bits per heavy atom. The first-order valence-corrected chi connectivity index (χ1v) is 9.49. The van der Waals surface area contributed by atoms with E-state index in [1.807, 2.05) is 12.1 Å². The highest BCUT2D eigenvalue weighted by Gasteiger charge is 2.40. The lowest BCUT2D eigenvalue weighted by atomic mass is 10.1. The van der Waals surface area contributed by atoms with Gasteiger partial charge in [-0.2, -0.15) is 5.26 Å². The fraction of sp³-hybridized carbons (Fsp3) is 0.105. The summed E-state index contributed by atoms with van der Waals surface area (Å²) in [4.78, 5) is 26.1. The van der Waals surface area contributed by atoms with Gasteiger partial charge in [0.25, 0.3) is 5.91 Å². The van der Waals surface area contributed by atoms with Crippen LogP contribution in [0.4, 0.5) is 5.69 Å². The minimum Gasteiger partial charge on any atom is -0.365 e. The quantitative estimate of drug-likeness (QED) is 0.603. The predicted octanol–water partition coefficient (Wildman–Crippen LogP) is 3.90. The lowest BCUT2D eigenvalue weighted by Gasteiger charge is -2.18. The Morgan fingerprint density at radius 1 is 1.19 bits per heavy atom. The van der Waals surface area contributed by atoms with Crippen molar-refractivity contribution in [2.24, 2.45) is 5.73 Å². The third-order valence-electron chi connectivity index (χ3n) is 3.94. The van der Waals surface area contributed by atoms with Crippen molar-refractivity contribution in [3.8, 4) is 6.07 Å². The van der Waals surface area contributed by atoms with E-state index in [0.717, 1.165) is 17.3 Å². The first-order chi connectivity index (χ1) is 12.9. The van der Waals surface area contributed by atoms with Gasteiger partial charge in [0, 0.05) is 5.69 Å². The van der Waals surface area contributed by atoms with Gasteiger partial charge in [0.2, 0.25) is 5.91 Å². The molecule has 136 valence electrons. The number of para-hydroxylation sites is 1. The third kappa shape index (κ3) is 3.96. The molecule has 3 rings (SSSR count). The predicted molar refractivity (Wildman–Crippen MR) is 107 cm³/mol. The number of primary amides is 1. The van der Waals surface area contributed by atoms with Gasteiger partial charge >= 0.3 is 0 Å². The maximum atomic E-state index is 13.1. The largest absolute Gasteiger partial charge is 0.365 e. The summed E-state index contributed by atoms with van der Waals surface area (Å²) in [5, 5.41) is 9.90. The molecule has 0 aromatic heterocycles. The summed E-state index contributed by atoms with van der Waals surface area (Å²) in [6, 6.07) is 15.8. The average molecular weight is 418 g/mol. The van der Waals surface area contributed by atoms with Crippen LogP contribution in [-0.4, -0.2) is 17.1 Å². The molecule has 1 aliphatic heterocycles. The Morgan fingerprint density at radius 3 is 2.48 bits per heavy atom. The number of amides is 2. The average Bonchev–Trinajstić information content (AvgIpc) is 2.95. The van der Waals surface area contributed by atoms with Crippen LogP contribution in [-0.2, 0) is 16.0 Å². The van der Waals surface area contributed by atoms with Gasteiger partial charge in [-0.25, -0.2) is 0 Å². The smallest absolute Gasteiger partial charge is 0.262 e. The maximum absolute atomic E-state index is 13.1. The summed E-state index contributed by atoms with van der Waals surface area (Å²) in [7, 11) is 0. The highest BCUT2D eigenvalue weighted by Crippen LogP contribution is 2.42. The first kappa shape index (κ1) is 19.3. The van der Waals surface area contributed by atoms with E-state index in [9.17, 15) is 14.9 Å². The Bertz CT molecular complexity index is 986. The van der Waals surface area contributed by atoms with Crippen LogP contribution in [0.1, 0.15) is 5.56 Å². The number of anilines is 1. The number of nitrogens with zero attached hydrogens (tertiary/aromatic N) is 2. The molecule has 1 atom stereocenters. The summed E-state index contributed by atoms with van der Waals surface area (Å²) < 4.78 is 0. The normalized spacial score (nSPS) is 18.3. The number of rotatable bonds is 4. The molecule has 0 radical (unpaired) electrons. The zero-order chi connectivity index (χ0) is 19.6. The number of benzene rings is 2. The van der Waals surface area contributed by atoms with Crippen LogP contribution in [0.3, 0.4) is 0 Å². The first-order valence-electron chi connectivity index (χ1n) is 7.86. The van der Waals surface area contributed by atoms with E-state index < -0.39 is 11.2 Å². The number of thioether (sulfide) groups is 1. The summed E-state index contributed by atoms with van der Waals surface area (Å²) in [6.45, 7) is 0. The number of carbonyl (C=O) groups is 2. The molecule has 0 aliphatic carbocycles. The number of hydrogen-bond donors (Lipinski definition) is 1. The minimum atomic E-state index is -0.871. The van der Waals surface area contributed by atoms with Crippen molar-refractivity contribution < 1.29 is 9.59 Å². The summed E-state index contributed by atoms with van der Waals surface area (Å²) >= 11 is 13.1. The van der Waals surface area contributed by atoms with Crippen LogP contribution in [0.5, 0.6) is 0 Å². The molecule has 0 saturated carbocycles. The molecule has 1 fully saturated rings. The highest BCUT2D eigenvalue weighted by atomic mass is 35.5. The van der Waals surface area contributed by atoms with Gasteiger partial charge in [0.1, 0.15) is 16.7 Å². The molecule has 0 bridgehead atoms. The monoisotopic (exact) mass is 417 g/mol. The van der Waals surface area contributed by atoms with Gasteiger partial charge in [0.15, 0.2) is 0 Å². The van der Waals surface area contributed by atoms with Gasteiger partial charge in [-0.05, 0) is 36.2 Å². The van der Waals surface area contributed by atoms with Crippen molar-refractivity contribution >= 4 is 52.5 Å². The van der Waals surface area contributed by atoms with Crippen molar-refractivity contribution in [3.05, 3.63) is 74.7 Å². The number of nitriles is 1. The molecule has 1 unspecified atom stereocenters. The minimum absolute atomic E-state index is 0.235. The number of nitrogens with two attached hydrogens (primary N) is 1. The summed E-state index contributed by atoms with van der Waals surface area (Å²) in [6.07, 6.45) is 0.366. The lowest BCUT2D eigenvalue weighted by Crippen LogP contribution is -2.31. The van der Waals surface area contributed by atoms with Gasteiger partial charge in [-0.15, -0.1) is 0 Å². The standard InChI is InChI=1S/C19H13Cl2N3O2S/c20-14-7-6-11(8-15(14)21)9-16-18(26)24(12-4-2-1-3-5-12)19(27-16)13(10-22)17(23)25/h1-8,16H,9H2,(H2,23,25). The molecule has 27 heavy (non-hydrogen) atoms. The second kappa shape index (κ2) is 8.05. The number of hydrogen-bond acceptors (Lipinski definition) is 4. The SMILES string of the molecule is N#CC(C(N)=O)=C1SC(Cc2ccc(Cl)c(Cl)c2)C(=O)N1c1ccccc1. The van der Waals surface area contributed by atoms with Crippen LogP contribution in [0.25, 0.3) is 0 Å². The van der Waals surface area contributed by atoms with Gasteiger partial charge in [-0.1, -0.05) is 59.2 Å². The van der Waals surface area contributed by atoms with Gasteiger partial charge in [0.05, 0.1) is 15.3 Å². The highest BCUT2D eigenvalue weighted by molar-refractivity contribution is 8.05. The summed E-state index contributed by atoms with van der Waals surface area (Å²) in [5.41, 5.74) is 6.49. The Kier molecular flexibility index (Phi) is 5.76. The van der Waals surface area contributed by atoms with E-state index in [0.29, 0.717) is 22.2 Å². The topological polar surface area (TPSA) is 87.2 Å². The molecule has 2 amide bonds. The number of carbonyl (C=O) groups excluding carboxylic acids is 2. The van der Waals surface area contributed by atoms with E-state index in [4.69, 9.17) is 28.9 Å². The summed E-state index contributed by atoms with van der Waals surface area (Å²) in [5.74, 6) is -1.11. The van der Waals surface area contributed by atoms with Gasteiger partial charge in [-0.3, -0.25) is 14.5 Å². The van der Waals surface area contributed by atoms with E-state index in [-0.39, 0.29) is 16.5 Å². The molecule has 2 aromatic rings. The fourth-order valence-electron chi connectivity index (χ4n) is 2.69. The van der Waals surface area contributed by atoms with Crippen molar-refractivity contribution in [3.63, 3.8) is 0 Å². The molecule has 8 heteroatoms. The van der Waals surface area contributed by atoms with E-state index in [1.165, 1.54) is 4.90 Å². The second-order valence-electron chi connectivity index (χ2n) is 5.72. The zero-order valence-corrected chi connectivity index (χ0v) is 16.2. The van der Waals surface area contributed by atoms with Crippen LogP contribution < -0.4 is 10.6 Å². The van der Waals surface area contributed by atoms with Crippen LogP contribution >= 0.6 is 35.0 Å². The number of halogens is 2. The molecule has 1 saturated heterocycles. The zero-order valence-electron chi connectivity index (χ0n) is 13.9. The van der Waals surface area contributed by atoms with Crippen LogP contribution in [0.2, 0.25) is 10.0 Å². The van der Waals surface area contributed by atoms with Crippen LogP contribution in [0.15, 0.2) is 59.1 Å². The Hall–Kier alpha value is -2.46. The second-order valence-corrected chi connectivity index (χ2v) is 7.73. The van der Waals surface area contributed by atoms with Crippen molar-refractivity contribution in [2.45, 2.75) is 11.7 Å². The lowest BCUT2D eigenvalue weighted by molar-refractivity contribution is -0.117. The van der Waals surface area contributed by atoms with E-state index >= 15 is 0 Å². The van der Waals surface area contributed by atoms with Crippen LogP contribution in [0, 0.1) is 11.3 Å². The molecule has 0 spiro atoms. The molecule has 2 N–H and O–H groups in total. The Labute approximate surface area is 170 Å². The van der Waals surface area contributed by atoms with Crippen molar-refractivity contribution in [1.82, 2.24) is 0 Å². The molecule has 1 aliphatic rings. The van der Waals surface area contributed by atoms with E-state index in [2.05, 4.69) is 0 Å². The molecule has 5 nitrogen and oxygen atoms in total. The van der Waals surface area contributed by atoms with Gasteiger partial charge < -0.3 is 5.73 Å². The molecular weight excluding hydrogens is 405 g/mol. The fourth-order valence-corrected chi connectivity index (χ4v) is 4.33. The molecular formula is C19H13Cl2N3O2S. The Balaban J connectivity index is 2.01. The van der Waals surface area contributed by atoms with Crippen molar-refractivity contribution in [2.75, 3.05) is 4.90 Å². The third-order valence-corrected chi connectivity index (χ3v) is 5.95.